The van der Waals surface area contributed by atoms with Gasteiger partial charge in [-0.1, -0.05) is 0 Å². The third kappa shape index (κ3) is 0.742. The fourth-order valence-electron chi connectivity index (χ4n) is 0.376. The van der Waals surface area contributed by atoms with Crippen LogP contribution in [0.1, 0.15) is 6.92 Å². The summed E-state index contributed by atoms with van der Waals surface area (Å²) in [6.07, 6.45) is 1.52. The molecule has 0 saturated carbocycles. The molecule has 0 spiro atoms. The molecule has 44 valence electrons. The van der Waals surface area contributed by atoms with Crippen molar-refractivity contribution >= 4 is 6.21 Å². The maximum Gasteiger partial charge on any atom is 0.141 e. The summed E-state index contributed by atoms with van der Waals surface area (Å²) in [5.74, 6) is 0. The molecule has 1 heterocycles. The predicted octanol–water partition coefficient (Wildman–Crippen LogP) is 0.189. The van der Waals surface area contributed by atoms with Crippen LogP contribution in [-0.2, 0) is 0 Å². The van der Waals surface area contributed by atoms with E-state index in [9.17, 15) is 0 Å². The highest BCUT2D eigenvalue weighted by molar-refractivity contribution is 5.70. The third-order valence-corrected chi connectivity index (χ3v) is 0.981. The zero-order valence-corrected chi connectivity index (χ0v) is 4.57. The Morgan fingerprint density at radius 2 is 2.50 bits per heavy atom. The molecule has 0 aromatic rings. The van der Waals surface area contributed by atoms with Gasteiger partial charge in [-0.2, -0.15) is 5.11 Å². The minimum atomic E-state index is -0.542. The largest absolute Gasteiger partial charge is 0.393 e. The summed E-state index contributed by atoms with van der Waals surface area (Å²) >= 11 is 0. The van der Waals surface area contributed by atoms with Crippen LogP contribution in [0.2, 0.25) is 0 Å². The molecule has 1 rings (SSSR count). The number of nitrogens with zero attached hydrogens (tertiary/aromatic N) is 3. The Kier molecular flexibility index (Phi) is 1.09. The highest BCUT2D eigenvalue weighted by atomic mass is 16.3. The molecule has 1 aliphatic rings. The minimum absolute atomic E-state index is 0.0278. The van der Waals surface area contributed by atoms with Gasteiger partial charge in [0.25, 0.3) is 0 Å². The summed E-state index contributed by atoms with van der Waals surface area (Å²) in [6, 6.07) is 0. The molecule has 0 amide bonds. The molecule has 0 bridgehead atoms. The molecule has 0 aromatic heterocycles. The molecule has 1 N–H and O–H groups in total. The SMILES string of the molecule is CC1(CO)C=NN=N1. The van der Waals surface area contributed by atoms with Crippen LogP contribution in [0.5, 0.6) is 0 Å². The topological polar surface area (TPSA) is 57.3 Å². The highest BCUT2D eigenvalue weighted by Crippen LogP contribution is 2.11. The van der Waals surface area contributed by atoms with E-state index in [4.69, 9.17) is 5.11 Å². The second-order valence-corrected chi connectivity index (χ2v) is 1.95. The second-order valence-electron chi connectivity index (χ2n) is 1.95. The number of hydrogen-bond donors (Lipinski definition) is 1. The Balaban J connectivity index is 2.69. The van der Waals surface area contributed by atoms with E-state index in [-0.39, 0.29) is 6.61 Å². The van der Waals surface area contributed by atoms with Crippen LogP contribution in [0.15, 0.2) is 15.4 Å². The maximum absolute atomic E-state index is 8.58. The maximum atomic E-state index is 8.58. The smallest absolute Gasteiger partial charge is 0.141 e. The zero-order chi connectivity index (χ0) is 6.04. The van der Waals surface area contributed by atoms with Crippen LogP contribution in [0.4, 0.5) is 0 Å². The fraction of sp³-hybridized carbons (Fsp3) is 0.750. The van der Waals surface area contributed by atoms with Gasteiger partial charge in [-0.3, -0.25) is 0 Å². The van der Waals surface area contributed by atoms with Crippen molar-refractivity contribution in [3.8, 4) is 0 Å². The van der Waals surface area contributed by atoms with Gasteiger partial charge in [0.1, 0.15) is 5.54 Å². The van der Waals surface area contributed by atoms with Crippen molar-refractivity contribution in [1.29, 1.82) is 0 Å². The quantitative estimate of drug-likeness (QED) is 0.518. The van der Waals surface area contributed by atoms with Crippen LogP contribution < -0.4 is 0 Å². The lowest BCUT2D eigenvalue weighted by molar-refractivity contribution is 0.250. The van der Waals surface area contributed by atoms with Crippen molar-refractivity contribution in [2.24, 2.45) is 15.4 Å². The first kappa shape index (κ1) is 5.37. The zero-order valence-electron chi connectivity index (χ0n) is 4.57. The Hall–Kier alpha value is -0.770. The molecule has 4 heteroatoms. The van der Waals surface area contributed by atoms with Crippen LogP contribution in [-0.4, -0.2) is 23.5 Å². The second kappa shape index (κ2) is 1.63. The van der Waals surface area contributed by atoms with Crippen LogP contribution in [0.3, 0.4) is 0 Å². The molecular weight excluding hydrogens is 106 g/mol. The van der Waals surface area contributed by atoms with E-state index in [1.54, 1.807) is 6.92 Å². The molecule has 0 aliphatic carbocycles. The number of hydrogen-bond acceptors (Lipinski definition) is 4. The van der Waals surface area contributed by atoms with E-state index < -0.39 is 5.54 Å². The first-order valence-electron chi connectivity index (χ1n) is 2.34. The standard InChI is InChI=1S/C4H7N3O/c1-4(3-8)2-5-7-6-4/h2,8H,3H2,1H3. The summed E-state index contributed by atoms with van der Waals surface area (Å²) in [5, 5.41) is 19.0. The van der Waals surface area contributed by atoms with Gasteiger partial charge in [0.05, 0.1) is 12.8 Å². The molecule has 0 aromatic carbocycles. The Labute approximate surface area is 46.9 Å². The number of aliphatic hydroxyl groups is 1. The molecule has 8 heavy (non-hydrogen) atoms. The first-order chi connectivity index (χ1) is 3.77. The van der Waals surface area contributed by atoms with Gasteiger partial charge in [-0.25, -0.2) is 0 Å². The van der Waals surface area contributed by atoms with Crippen molar-refractivity contribution in [2.75, 3.05) is 6.61 Å². The summed E-state index contributed by atoms with van der Waals surface area (Å²) in [6.45, 7) is 1.73. The normalized spacial score (nSPS) is 34.2. The van der Waals surface area contributed by atoms with Gasteiger partial charge in [0.2, 0.25) is 0 Å². The lowest BCUT2D eigenvalue weighted by Crippen LogP contribution is -2.25. The van der Waals surface area contributed by atoms with Crippen molar-refractivity contribution in [3.63, 3.8) is 0 Å². The predicted molar refractivity (Wildman–Crippen MR) is 28.8 cm³/mol. The van der Waals surface area contributed by atoms with Gasteiger partial charge >= 0.3 is 0 Å². The highest BCUT2D eigenvalue weighted by Gasteiger charge is 2.22. The Morgan fingerprint density at radius 3 is 2.75 bits per heavy atom. The molecule has 0 saturated heterocycles. The van der Waals surface area contributed by atoms with Gasteiger partial charge in [0, 0.05) is 0 Å². The van der Waals surface area contributed by atoms with Crippen molar-refractivity contribution in [3.05, 3.63) is 0 Å². The summed E-state index contributed by atoms with van der Waals surface area (Å²) < 4.78 is 0. The average Bonchev–Trinajstić information content (AvgIpc) is 2.17. The van der Waals surface area contributed by atoms with Crippen LogP contribution in [0.25, 0.3) is 0 Å². The van der Waals surface area contributed by atoms with Crippen molar-refractivity contribution in [2.45, 2.75) is 12.5 Å². The van der Waals surface area contributed by atoms with E-state index in [1.165, 1.54) is 6.21 Å². The molecule has 0 fully saturated rings. The summed E-state index contributed by atoms with van der Waals surface area (Å²) in [7, 11) is 0. The molecule has 1 atom stereocenters. The molecule has 4 nitrogen and oxygen atoms in total. The van der Waals surface area contributed by atoms with E-state index in [2.05, 4.69) is 15.4 Å². The van der Waals surface area contributed by atoms with Crippen LogP contribution in [0, 0.1) is 0 Å². The first-order valence-corrected chi connectivity index (χ1v) is 2.34. The number of aliphatic hydroxyl groups excluding tert-OH is 1. The van der Waals surface area contributed by atoms with E-state index >= 15 is 0 Å². The van der Waals surface area contributed by atoms with E-state index in [0.29, 0.717) is 0 Å². The molecular formula is C4H7N3O. The lowest BCUT2D eigenvalue weighted by atomic mass is 10.1. The van der Waals surface area contributed by atoms with E-state index in [1.807, 2.05) is 0 Å². The van der Waals surface area contributed by atoms with Gasteiger partial charge in [-0.05, 0) is 12.1 Å². The van der Waals surface area contributed by atoms with E-state index in [0.717, 1.165) is 0 Å². The van der Waals surface area contributed by atoms with Crippen LogP contribution >= 0.6 is 0 Å². The van der Waals surface area contributed by atoms with Gasteiger partial charge in [0.15, 0.2) is 0 Å². The monoisotopic (exact) mass is 113 g/mol. The summed E-state index contributed by atoms with van der Waals surface area (Å²) in [5.41, 5.74) is -0.542. The Morgan fingerprint density at radius 1 is 1.75 bits per heavy atom. The average molecular weight is 113 g/mol. The lowest BCUT2D eigenvalue weighted by Gasteiger charge is -2.07. The van der Waals surface area contributed by atoms with Crippen molar-refractivity contribution < 1.29 is 5.11 Å². The van der Waals surface area contributed by atoms with Gasteiger partial charge in [-0.15, -0.1) is 5.10 Å². The van der Waals surface area contributed by atoms with Gasteiger partial charge < -0.3 is 5.11 Å². The molecule has 1 aliphatic heterocycles. The number of rotatable bonds is 1. The molecule has 1 unspecified atom stereocenters. The fourth-order valence-corrected chi connectivity index (χ4v) is 0.376. The third-order valence-electron chi connectivity index (χ3n) is 0.981. The molecule has 0 radical (unpaired) electrons. The Bertz CT molecular complexity index is 128. The minimum Gasteiger partial charge on any atom is -0.393 e. The van der Waals surface area contributed by atoms with Crippen molar-refractivity contribution in [1.82, 2.24) is 0 Å². The summed E-state index contributed by atoms with van der Waals surface area (Å²) in [4.78, 5) is 0.